The molecule has 0 radical (unpaired) electrons. The van der Waals surface area contributed by atoms with Gasteiger partial charge in [-0.3, -0.25) is 9.69 Å². The van der Waals surface area contributed by atoms with Crippen LogP contribution in [0.2, 0.25) is 0 Å². The Labute approximate surface area is 165 Å². The maximum Gasteiger partial charge on any atom is 1.00 e. The van der Waals surface area contributed by atoms with Gasteiger partial charge in [0, 0.05) is 12.7 Å². The minimum Gasteiger partial charge on any atom is -0.543 e. The molecule has 1 saturated heterocycles. The summed E-state index contributed by atoms with van der Waals surface area (Å²) >= 11 is 1.29. The number of hydrogen-bond donors (Lipinski definition) is 0. The van der Waals surface area contributed by atoms with E-state index in [-0.39, 0.29) is 59.4 Å². The number of hydrogen-bond acceptors (Lipinski definition) is 6. The van der Waals surface area contributed by atoms with Crippen molar-refractivity contribution in [1.82, 2.24) is 14.5 Å². The van der Waals surface area contributed by atoms with E-state index in [1.807, 2.05) is 10.8 Å². The van der Waals surface area contributed by atoms with Gasteiger partial charge in [-0.2, -0.15) is 0 Å². The van der Waals surface area contributed by atoms with Crippen molar-refractivity contribution in [3.63, 3.8) is 0 Å². The molecule has 10 heteroatoms. The van der Waals surface area contributed by atoms with E-state index in [2.05, 4.69) is 4.98 Å². The molecule has 1 amide bonds. The number of nitrogens with zero attached hydrogens (tertiary/aromatic N) is 3. The number of fused-ring (bicyclic) bond motifs is 2. The zero-order valence-electron chi connectivity index (χ0n) is 12.3. The summed E-state index contributed by atoms with van der Waals surface area (Å²) < 4.78 is 7.33. The van der Waals surface area contributed by atoms with E-state index in [0.29, 0.717) is 24.5 Å². The van der Waals surface area contributed by atoms with Crippen LogP contribution in [0.25, 0.3) is 6.08 Å². The number of carboxylic acids is 1. The molecule has 1 atom stereocenters. The molecule has 4 rings (SSSR count). The second kappa shape index (κ2) is 7.85. The number of imidazole rings is 1. The molecule has 1 aromatic rings. The smallest absolute Gasteiger partial charge is 0.543 e. The molecule has 3 aliphatic heterocycles. The fourth-order valence-electron chi connectivity index (χ4n) is 2.60. The molecule has 0 saturated carbocycles. The number of aliphatic carboxylic acids is 1. The van der Waals surface area contributed by atoms with Gasteiger partial charge in [-0.25, -0.2) is 4.98 Å². The van der Waals surface area contributed by atoms with E-state index < -0.39 is 5.97 Å². The zero-order chi connectivity index (χ0) is 14.6. The molecular weight excluding hydrogens is 345 g/mol. The van der Waals surface area contributed by atoms with Crippen molar-refractivity contribution in [3.8, 4) is 0 Å². The Kier molecular flexibility index (Phi) is 6.85. The van der Waals surface area contributed by atoms with Crippen LogP contribution in [0.1, 0.15) is 18.9 Å². The Morgan fingerprint density at radius 3 is 2.92 bits per heavy atom. The largest absolute Gasteiger partial charge is 1.00 e. The molecule has 8 nitrogen and oxygen atoms in total. The van der Waals surface area contributed by atoms with Gasteiger partial charge in [-0.15, -0.1) is 11.8 Å². The maximum absolute atomic E-state index is 12.1. The number of carboxylic acid groups (broad SMARTS) is 1. The zero-order valence-corrected chi connectivity index (χ0v) is 15.1. The topological polar surface area (TPSA) is 119 Å². The van der Waals surface area contributed by atoms with Crippen molar-refractivity contribution >= 4 is 29.7 Å². The SMILES string of the molecule is C.O.O=C([O-])C1=CS[C@@H]2/C(=C/c3cn4c(n3)COCC4)C(=O)N12.[Na+]. The fraction of sp³-hybridized carbons (Fsp3) is 0.357. The molecule has 1 fully saturated rings. The van der Waals surface area contributed by atoms with E-state index in [4.69, 9.17) is 4.74 Å². The van der Waals surface area contributed by atoms with Gasteiger partial charge in [-0.1, -0.05) is 7.43 Å². The van der Waals surface area contributed by atoms with E-state index in [0.717, 1.165) is 12.4 Å². The number of rotatable bonds is 2. The minimum absolute atomic E-state index is 0. The first-order valence-corrected chi connectivity index (χ1v) is 7.35. The molecule has 0 bridgehead atoms. The number of β-lactam (4-membered cyclic amide) rings is 1. The van der Waals surface area contributed by atoms with Crippen molar-refractivity contribution < 1.29 is 54.5 Å². The van der Waals surface area contributed by atoms with Crippen LogP contribution in [-0.4, -0.2) is 43.8 Å². The number of carbonyl (C=O) groups is 2. The van der Waals surface area contributed by atoms with Gasteiger partial charge >= 0.3 is 29.6 Å². The summed E-state index contributed by atoms with van der Waals surface area (Å²) in [6, 6.07) is 0. The van der Waals surface area contributed by atoms with Gasteiger partial charge in [0.25, 0.3) is 5.91 Å². The predicted octanol–water partition coefficient (Wildman–Crippen LogP) is -3.88. The third-order valence-electron chi connectivity index (χ3n) is 3.63. The van der Waals surface area contributed by atoms with Crippen LogP contribution < -0.4 is 34.7 Å². The van der Waals surface area contributed by atoms with Gasteiger partial charge in [0.1, 0.15) is 17.8 Å². The summed E-state index contributed by atoms with van der Waals surface area (Å²) in [5.41, 5.74) is 1.19. The van der Waals surface area contributed by atoms with E-state index in [1.165, 1.54) is 22.1 Å². The number of carbonyl (C=O) groups excluding carboxylic acids is 2. The number of aromatic nitrogens is 2. The van der Waals surface area contributed by atoms with Gasteiger partial charge < -0.3 is 24.7 Å². The third kappa shape index (κ3) is 3.19. The number of ether oxygens (including phenoxy) is 1. The molecule has 4 heterocycles. The first-order chi connectivity index (χ1) is 10.1. The monoisotopic (exact) mass is 361 g/mol. The second-order valence-corrected chi connectivity index (χ2v) is 5.84. The Morgan fingerprint density at radius 1 is 1.50 bits per heavy atom. The Bertz CT molecular complexity index is 706. The summed E-state index contributed by atoms with van der Waals surface area (Å²) in [5, 5.41) is 12.1. The fourth-order valence-corrected chi connectivity index (χ4v) is 3.71. The van der Waals surface area contributed by atoms with Crippen molar-refractivity contribution in [3.05, 3.63) is 34.4 Å². The predicted molar refractivity (Wildman–Crippen MR) is 81.5 cm³/mol. The van der Waals surface area contributed by atoms with Crippen molar-refractivity contribution in [1.29, 1.82) is 0 Å². The molecule has 24 heavy (non-hydrogen) atoms. The standard InChI is InChI=1S/C13H11N3O4S.CH4.Na.H2O/c17-11-8(12-16(11)9(6-21-12)13(18)19)3-7-4-15-1-2-20-5-10(15)14-7;;;/h3-4,6,12H,1-2,5H2,(H,18,19);1H4;;1H2/q;;+1;/p-1/b8-3+;;;/t12-;;;/m1.../s1. The molecule has 0 aliphatic carbocycles. The van der Waals surface area contributed by atoms with Crippen molar-refractivity contribution in [2.75, 3.05) is 6.61 Å². The molecule has 0 unspecified atom stereocenters. The normalized spacial score (nSPS) is 22.2. The number of thioether (sulfide) groups is 1. The Morgan fingerprint density at radius 2 is 2.25 bits per heavy atom. The van der Waals surface area contributed by atoms with Crippen LogP contribution >= 0.6 is 11.8 Å². The first kappa shape index (κ1) is 20.9. The Hall–Kier alpha value is -1.10. The van der Waals surface area contributed by atoms with Crippen LogP contribution in [0.3, 0.4) is 0 Å². The third-order valence-corrected chi connectivity index (χ3v) is 4.71. The van der Waals surface area contributed by atoms with E-state index >= 15 is 0 Å². The van der Waals surface area contributed by atoms with E-state index in [9.17, 15) is 14.7 Å². The average Bonchev–Trinajstić information content (AvgIpc) is 3.05. The summed E-state index contributed by atoms with van der Waals surface area (Å²) in [7, 11) is 0. The molecule has 3 aliphatic rings. The van der Waals surface area contributed by atoms with Gasteiger partial charge in [-0.05, 0) is 11.5 Å². The molecule has 124 valence electrons. The molecular formula is C14H16N3NaO5S. The van der Waals surface area contributed by atoms with Crippen LogP contribution in [-0.2, 0) is 27.5 Å². The van der Waals surface area contributed by atoms with E-state index in [1.54, 1.807) is 6.08 Å². The summed E-state index contributed by atoms with van der Waals surface area (Å²) in [5.74, 6) is -0.793. The summed E-state index contributed by atoms with van der Waals surface area (Å²) in [6.45, 7) is 1.88. The van der Waals surface area contributed by atoms with Gasteiger partial charge in [0.05, 0.1) is 29.5 Å². The van der Waals surface area contributed by atoms with Crippen LogP contribution in [0.15, 0.2) is 22.9 Å². The van der Waals surface area contributed by atoms with Crippen molar-refractivity contribution in [2.24, 2.45) is 0 Å². The van der Waals surface area contributed by atoms with Crippen LogP contribution in [0.4, 0.5) is 0 Å². The number of amides is 1. The molecule has 2 N–H and O–H groups in total. The molecule has 1 aromatic heterocycles. The Balaban J connectivity index is 0.000000960. The average molecular weight is 361 g/mol. The summed E-state index contributed by atoms with van der Waals surface area (Å²) in [6.07, 6.45) is 3.60. The minimum atomic E-state index is -1.33. The van der Waals surface area contributed by atoms with Crippen LogP contribution in [0.5, 0.6) is 0 Å². The quantitative estimate of drug-likeness (QED) is 0.302. The van der Waals surface area contributed by atoms with Crippen molar-refractivity contribution in [2.45, 2.75) is 26.0 Å². The molecule has 0 spiro atoms. The first-order valence-electron chi connectivity index (χ1n) is 6.41. The van der Waals surface area contributed by atoms with Crippen LogP contribution in [0, 0.1) is 0 Å². The summed E-state index contributed by atoms with van der Waals surface area (Å²) in [4.78, 5) is 28.6. The second-order valence-electron chi connectivity index (χ2n) is 4.88. The molecule has 0 aromatic carbocycles. The van der Waals surface area contributed by atoms with Gasteiger partial charge in [0.15, 0.2) is 0 Å². The maximum atomic E-state index is 12.1. The van der Waals surface area contributed by atoms with Gasteiger partial charge in [0.2, 0.25) is 0 Å².